The Bertz CT molecular complexity index is 508. The number of hydrogen-bond acceptors (Lipinski definition) is 2. The molecule has 2 aliphatic rings. The van der Waals surface area contributed by atoms with Gasteiger partial charge in [0, 0.05) is 17.5 Å². The summed E-state index contributed by atoms with van der Waals surface area (Å²) in [6, 6.07) is 8.17. The highest BCUT2D eigenvalue weighted by Gasteiger charge is 2.37. The van der Waals surface area contributed by atoms with Crippen LogP contribution in [0.25, 0.3) is 0 Å². The Kier molecular flexibility index (Phi) is 4.29. The molecule has 0 spiro atoms. The van der Waals surface area contributed by atoms with E-state index in [1.54, 1.807) is 0 Å². The van der Waals surface area contributed by atoms with Crippen molar-refractivity contribution in [1.82, 2.24) is 10.2 Å². The van der Waals surface area contributed by atoms with Crippen LogP contribution >= 0.6 is 0 Å². The van der Waals surface area contributed by atoms with Gasteiger partial charge in [0.1, 0.15) is 0 Å². The SMILES string of the molecule is CCC1(CCN2CCCCC2)CNC(=O)c2ccccc21. The van der Waals surface area contributed by atoms with Gasteiger partial charge in [0.2, 0.25) is 0 Å². The van der Waals surface area contributed by atoms with Gasteiger partial charge in [-0.05, 0) is 56.9 Å². The normalized spacial score (nSPS) is 26.2. The van der Waals surface area contributed by atoms with Crippen LogP contribution in [0.4, 0.5) is 0 Å². The first-order chi connectivity index (χ1) is 10.2. The molecule has 2 aliphatic heterocycles. The van der Waals surface area contributed by atoms with Gasteiger partial charge in [0.15, 0.2) is 0 Å². The lowest BCUT2D eigenvalue weighted by atomic mass is 9.71. The highest BCUT2D eigenvalue weighted by molar-refractivity contribution is 5.97. The minimum atomic E-state index is 0.0904. The molecule has 0 radical (unpaired) electrons. The number of nitrogens with one attached hydrogen (secondary N) is 1. The maximum Gasteiger partial charge on any atom is 0.251 e. The van der Waals surface area contributed by atoms with Crippen molar-refractivity contribution in [3.05, 3.63) is 35.4 Å². The predicted molar refractivity (Wildman–Crippen MR) is 85.7 cm³/mol. The smallest absolute Gasteiger partial charge is 0.251 e. The molecule has 0 saturated carbocycles. The van der Waals surface area contributed by atoms with Gasteiger partial charge in [-0.2, -0.15) is 0 Å². The number of benzene rings is 1. The lowest BCUT2D eigenvalue weighted by Gasteiger charge is -2.40. The van der Waals surface area contributed by atoms with Gasteiger partial charge in [-0.15, -0.1) is 0 Å². The summed E-state index contributed by atoms with van der Waals surface area (Å²) in [5.74, 6) is 0.0904. The van der Waals surface area contributed by atoms with Crippen molar-refractivity contribution in [1.29, 1.82) is 0 Å². The van der Waals surface area contributed by atoms with E-state index >= 15 is 0 Å². The number of rotatable bonds is 4. The van der Waals surface area contributed by atoms with E-state index < -0.39 is 0 Å². The van der Waals surface area contributed by atoms with E-state index in [0.717, 1.165) is 31.5 Å². The molecule has 1 unspecified atom stereocenters. The summed E-state index contributed by atoms with van der Waals surface area (Å²) in [6.07, 6.45) is 6.28. The van der Waals surface area contributed by atoms with Crippen LogP contribution in [0.5, 0.6) is 0 Å². The first-order valence-corrected chi connectivity index (χ1v) is 8.35. The lowest BCUT2D eigenvalue weighted by Crippen LogP contribution is -2.48. The third-order valence-corrected chi connectivity index (χ3v) is 5.36. The van der Waals surface area contributed by atoms with Crippen molar-refractivity contribution in [2.45, 2.75) is 44.4 Å². The summed E-state index contributed by atoms with van der Waals surface area (Å²) < 4.78 is 0. The number of carbonyl (C=O) groups excluding carboxylic acids is 1. The average Bonchev–Trinajstić information content (AvgIpc) is 2.56. The van der Waals surface area contributed by atoms with E-state index in [1.807, 2.05) is 12.1 Å². The third kappa shape index (κ3) is 2.84. The van der Waals surface area contributed by atoms with Crippen LogP contribution in [0.15, 0.2) is 24.3 Å². The molecule has 1 fully saturated rings. The van der Waals surface area contributed by atoms with Gasteiger partial charge in [-0.25, -0.2) is 0 Å². The molecule has 0 aliphatic carbocycles. The van der Waals surface area contributed by atoms with E-state index in [-0.39, 0.29) is 11.3 Å². The van der Waals surface area contributed by atoms with E-state index in [9.17, 15) is 4.79 Å². The largest absolute Gasteiger partial charge is 0.351 e. The second-order valence-corrected chi connectivity index (χ2v) is 6.51. The molecule has 3 nitrogen and oxygen atoms in total. The number of carbonyl (C=O) groups is 1. The molecule has 1 atom stereocenters. The zero-order valence-corrected chi connectivity index (χ0v) is 13.0. The quantitative estimate of drug-likeness (QED) is 0.923. The van der Waals surface area contributed by atoms with Crippen molar-refractivity contribution < 1.29 is 4.79 Å². The van der Waals surface area contributed by atoms with Gasteiger partial charge < -0.3 is 10.2 Å². The van der Waals surface area contributed by atoms with E-state index in [2.05, 4.69) is 29.3 Å². The number of nitrogens with zero attached hydrogens (tertiary/aromatic N) is 1. The summed E-state index contributed by atoms with van der Waals surface area (Å²) in [6.45, 7) is 6.68. The predicted octanol–water partition coefficient (Wildman–Crippen LogP) is 2.95. The van der Waals surface area contributed by atoms with Crippen LogP contribution in [0.3, 0.4) is 0 Å². The maximum atomic E-state index is 12.1. The minimum Gasteiger partial charge on any atom is -0.351 e. The van der Waals surface area contributed by atoms with Crippen LogP contribution in [0.2, 0.25) is 0 Å². The van der Waals surface area contributed by atoms with Crippen LogP contribution < -0.4 is 5.32 Å². The summed E-state index contributed by atoms with van der Waals surface area (Å²) >= 11 is 0. The molecule has 1 aromatic carbocycles. The Morgan fingerprint density at radius 3 is 2.71 bits per heavy atom. The van der Waals surface area contributed by atoms with Crippen molar-refractivity contribution in [2.75, 3.05) is 26.2 Å². The molecule has 1 N–H and O–H groups in total. The van der Waals surface area contributed by atoms with Gasteiger partial charge in [0.05, 0.1) is 0 Å². The molecule has 21 heavy (non-hydrogen) atoms. The van der Waals surface area contributed by atoms with Crippen molar-refractivity contribution in [2.24, 2.45) is 0 Å². The van der Waals surface area contributed by atoms with E-state index in [0.29, 0.717) is 0 Å². The molecule has 0 aromatic heterocycles. The molecule has 1 saturated heterocycles. The average molecular weight is 286 g/mol. The number of amides is 1. The molecule has 1 aromatic rings. The zero-order valence-electron chi connectivity index (χ0n) is 13.0. The summed E-state index contributed by atoms with van der Waals surface area (Å²) in [7, 11) is 0. The number of hydrogen-bond donors (Lipinski definition) is 1. The molecular formula is C18H26N2O. The molecule has 0 bridgehead atoms. The zero-order chi connectivity index (χ0) is 14.7. The fourth-order valence-electron chi connectivity index (χ4n) is 3.85. The summed E-state index contributed by atoms with van der Waals surface area (Å²) in [4.78, 5) is 14.7. The van der Waals surface area contributed by atoms with Gasteiger partial charge in [-0.1, -0.05) is 31.5 Å². The first kappa shape index (κ1) is 14.6. The fourth-order valence-corrected chi connectivity index (χ4v) is 3.85. The number of piperidine rings is 1. The Morgan fingerprint density at radius 2 is 1.95 bits per heavy atom. The first-order valence-electron chi connectivity index (χ1n) is 8.35. The van der Waals surface area contributed by atoms with E-state index in [4.69, 9.17) is 0 Å². The van der Waals surface area contributed by atoms with E-state index in [1.165, 1.54) is 37.9 Å². The standard InChI is InChI=1S/C18H26N2O/c1-2-18(10-13-20-11-6-3-7-12-20)14-19-17(21)15-8-4-5-9-16(15)18/h4-5,8-9H,2-3,6-7,10-14H2,1H3,(H,19,21). The van der Waals surface area contributed by atoms with Gasteiger partial charge >= 0.3 is 0 Å². The third-order valence-electron chi connectivity index (χ3n) is 5.36. The Labute approximate surface area is 127 Å². The number of fused-ring (bicyclic) bond motifs is 1. The van der Waals surface area contributed by atoms with Gasteiger partial charge in [0.25, 0.3) is 5.91 Å². The van der Waals surface area contributed by atoms with Crippen LogP contribution in [0.1, 0.15) is 54.9 Å². The lowest BCUT2D eigenvalue weighted by molar-refractivity contribution is 0.0914. The molecule has 1 amide bonds. The maximum absolute atomic E-state index is 12.1. The molecule has 3 rings (SSSR count). The fraction of sp³-hybridized carbons (Fsp3) is 0.611. The van der Waals surface area contributed by atoms with Crippen LogP contribution in [0, 0.1) is 0 Å². The molecule has 2 heterocycles. The Hall–Kier alpha value is -1.35. The molecule has 114 valence electrons. The van der Waals surface area contributed by atoms with Crippen molar-refractivity contribution in [3.63, 3.8) is 0 Å². The Morgan fingerprint density at radius 1 is 1.19 bits per heavy atom. The van der Waals surface area contributed by atoms with Crippen molar-refractivity contribution >= 4 is 5.91 Å². The molecule has 3 heteroatoms. The summed E-state index contributed by atoms with van der Waals surface area (Å²) in [5, 5.41) is 3.11. The van der Waals surface area contributed by atoms with Gasteiger partial charge in [-0.3, -0.25) is 4.79 Å². The second kappa shape index (κ2) is 6.18. The number of likely N-dealkylation sites (tertiary alicyclic amines) is 1. The van der Waals surface area contributed by atoms with Crippen LogP contribution in [-0.4, -0.2) is 37.0 Å². The van der Waals surface area contributed by atoms with Crippen molar-refractivity contribution in [3.8, 4) is 0 Å². The minimum absolute atomic E-state index is 0.0904. The summed E-state index contributed by atoms with van der Waals surface area (Å²) in [5.41, 5.74) is 2.25. The highest BCUT2D eigenvalue weighted by Crippen LogP contribution is 2.36. The Balaban J connectivity index is 1.80. The molecular weight excluding hydrogens is 260 g/mol. The highest BCUT2D eigenvalue weighted by atomic mass is 16.1. The second-order valence-electron chi connectivity index (χ2n) is 6.51. The topological polar surface area (TPSA) is 32.3 Å². The monoisotopic (exact) mass is 286 g/mol. The van der Waals surface area contributed by atoms with Crippen LogP contribution in [-0.2, 0) is 5.41 Å².